The van der Waals surface area contributed by atoms with Gasteiger partial charge >= 0.3 is 0 Å². The number of morpholine rings is 1. The zero-order chi connectivity index (χ0) is 17.1. The predicted octanol–water partition coefficient (Wildman–Crippen LogP) is 3.94. The molecule has 0 amide bonds. The molecule has 0 saturated carbocycles. The average molecular weight is 356 g/mol. The van der Waals surface area contributed by atoms with Crippen molar-refractivity contribution in [3.63, 3.8) is 0 Å². The Kier molecular flexibility index (Phi) is 5.02. The summed E-state index contributed by atoms with van der Waals surface area (Å²) in [5, 5.41) is 1.59. The van der Waals surface area contributed by atoms with Crippen molar-refractivity contribution < 1.29 is 4.74 Å². The lowest BCUT2D eigenvalue weighted by atomic mass is 10.2. The van der Waals surface area contributed by atoms with Gasteiger partial charge in [0.15, 0.2) is 0 Å². The highest BCUT2D eigenvalue weighted by molar-refractivity contribution is 6.34. The van der Waals surface area contributed by atoms with E-state index in [0.29, 0.717) is 5.15 Å². The lowest BCUT2D eigenvalue weighted by Gasteiger charge is -2.26. The van der Waals surface area contributed by atoms with Crippen molar-refractivity contribution in [1.29, 1.82) is 0 Å². The summed E-state index contributed by atoms with van der Waals surface area (Å²) in [6.45, 7) is 4.89. The third-order valence-electron chi connectivity index (χ3n) is 4.78. The summed E-state index contributed by atoms with van der Waals surface area (Å²) in [6.07, 6.45) is 3.91. The zero-order valence-corrected chi connectivity index (χ0v) is 15.0. The molecule has 1 saturated heterocycles. The van der Waals surface area contributed by atoms with Gasteiger partial charge in [-0.3, -0.25) is 4.90 Å². The van der Waals surface area contributed by atoms with Crippen molar-refractivity contribution >= 4 is 22.5 Å². The summed E-state index contributed by atoms with van der Waals surface area (Å²) in [5.41, 5.74) is 3.57. The van der Waals surface area contributed by atoms with Crippen LogP contribution in [0.25, 0.3) is 16.6 Å². The van der Waals surface area contributed by atoms with Crippen LogP contribution in [-0.4, -0.2) is 47.3 Å². The summed E-state index contributed by atoms with van der Waals surface area (Å²) < 4.78 is 7.73. The molecule has 2 aromatic heterocycles. The summed E-state index contributed by atoms with van der Waals surface area (Å²) in [4.78, 5) is 6.72. The first-order valence-corrected chi connectivity index (χ1v) is 9.21. The second-order valence-electron chi connectivity index (χ2n) is 6.40. The van der Waals surface area contributed by atoms with Crippen molar-refractivity contribution in [3.8, 4) is 5.69 Å². The van der Waals surface area contributed by atoms with Crippen LogP contribution in [0.15, 0.2) is 48.7 Å². The molecule has 25 heavy (non-hydrogen) atoms. The van der Waals surface area contributed by atoms with Crippen LogP contribution in [0.5, 0.6) is 0 Å². The van der Waals surface area contributed by atoms with Crippen LogP contribution in [-0.2, 0) is 11.2 Å². The first-order valence-electron chi connectivity index (χ1n) is 8.83. The minimum absolute atomic E-state index is 0.571. The van der Waals surface area contributed by atoms with Gasteiger partial charge in [-0.15, -0.1) is 0 Å². The van der Waals surface area contributed by atoms with Crippen LogP contribution in [0.2, 0.25) is 5.15 Å². The van der Waals surface area contributed by atoms with Crippen molar-refractivity contribution in [1.82, 2.24) is 14.5 Å². The smallest absolute Gasteiger partial charge is 0.138 e. The number of pyridine rings is 1. The molecule has 1 aliphatic rings. The number of fused-ring (bicyclic) bond motifs is 1. The molecule has 0 aliphatic carbocycles. The maximum absolute atomic E-state index is 6.34. The number of para-hydroxylation sites is 1. The second-order valence-corrected chi connectivity index (χ2v) is 6.76. The monoisotopic (exact) mass is 355 g/mol. The standard InChI is InChI=1S/C20H22ClN3O/c21-20-18-15-17(7-4-10-23-11-13-25-14-12-23)24(19(18)8-9-22-20)16-5-2-1-3-6-16/h1-3,5-6,8-9,15H,4,7,10-14H2. The molecule has 0 spiro atoms. The van der Waals surface area contributed by atoms with Gasteiger partial charge in [-0.05, 0) is 43.7 Å². The molecule has 5 heteroatoms. The number of hydrogen-bond donors (Lipinski definition) is 0. The van der Waals surface area contributed by atoms with Gasteiger partial charge in [0.05, 0.1) is 18.7 Å². The van der Waals surface area contributed by atoms with Crippen molar-refractivity contribution in [2.24, 2.45) is 0 Å². The van der Waals surface area contributed by atoms with Crippen LogP contribution < -0.4 is 0 Å². The van der Waals surface area contributed by atoms with Gasteiger partial charge in [0.2, 0.25) is 0 Å². The topological polar surface area (TPSA) is 30.3 Å². The molecule has 0 bridgehead atoms. The van der Waals surface area contributed by atoms with Crippen molar-refractivity contribution in [3.05, 3.63) is 59.5 Å². The van der Waals surface area contributed by atoms with E-state index in [1.807, 2.05) is 12.1 Å². The van der Waals surface area contributed by atoms with Gasteiger partial charge in [0, 0.05) is 36.1 Å². The van der Waals surface area contributed by atoms with Gasteiger partial charge in [-0.1, -0.05) is 29.8 Å². The highest BCUT2D eigenvalue weighted by Gasteiger charge is 2.14. The Morgan fingerprint density at radius 1 is 1.08 bits per heavy atom. The molecule has 0 N–H and O–H groups in total. The van der Waals surface area contributed by atoms with Gasteiger partial charge in [-0.2, -0.15) is 0 Å². The van der Waals surface area contributed by atoms with E-state index in [9.17, 15) is 0 Å². The molecule has 4 nitrogen and oxygen atoms in total. The second kappa shape index (κ2) is 7.56. The maximum atomic E-state index is 6.34. The normalized spacial score (nSPS) is 15.7. The highest BCUT2D eigenvalue weighted by atomic mass is 35.5. The minimum atomic E-state index is 0.571. The first-order chi connectivity index (χ1) is 12.3. The molecule has 3 aromatic rings. The molecule has 0 unspecified atom stereocenters. The van der Waals surface area contributed by atoms with Crippen molar-refractivity contribution in [2.75, 3.05) is 32.8 Å². The van der Waals surface area contributed by atoms with Gasteiger partial charge < -0.3 is 9.30 Å². The number of halogens is 1. The van der Waals surface area contributed by atoms with Gasteiger partial charge in [-0.25, -0.2) is 4.98 Å². The third-order valence-corrected chi connectivity index (χ3v) is 5.08. The molecule has 1 fully saturated rings. The Labute approximate surface area is 153 Å². The Bertz CT molecular complexity index is 841. The van der Waals surface area contributed by atoms with E-state index in [1.54, 1.807) is 6.20 Å². The van der Waals surface area contributed by atoms with Crippen molar-refractivity contribution in [2.45, 2.75) is 12.8 Å². The Balaban J connectivity index is 1.62. The molecule has 0 atom stereocenters. The lowest BCUT2D eigenvalue weighted by molar-refractivity contribution is 0.0374. The summed E-state index contributed by atoms with van der Waals surface area (Å²) in [5.74, 6) is 0. The molecule has 4 rings (SSSR count). The van der Waals surface area contributed by atoms with Crippen LogP contribution in [0, 0.1) is 0 Å². The number of nitrogens with zero attached hydrogens (tertiary/aromatic N) is 3. The van der Waals surface area contributed by atoms with Crippen LogP contribution in [0.3, 0.4) is 0 Å². The molecule has 1 aromatic carbocycles. The SMILES string of the molecule is Clc1nccc2c1cc(CCCN1CCOCC1)n2-c1ccccc1. The number of aryl methyl sites for hydroxylation is 1. The van der Waals surface area contributed by atoms with E-state index in [4.69, 9.17) is 16.3 Å². The molecule has 3 heterocycles. The predicted molar refractivity (Wildman–Crippen MR) is 102 cm³/mol. The zero-order valence-electron chi connectivity index (χ0n) is 14.2. The highest BCUT2D eigenvalue weighted by Crippen LogP contribution is 2.29. The molecular formula is C20H22ClN3O. The average Bonchev–Trinajstić information content (AvgIpc) is 3.03. The van der Waals surface area contributed by atoms with E-state index >= 15 is 0 Å². The number of rotatable bonds is 5. The number of aromatic nitrogens is 2. The van der Waals surface area contributed by atoms with Gasteiger partial charge in [0.1, 0.15) is 5.15 Å². The molecule has 1 aliphatic heterocycles. The Morgan fingerprint density at radius 3 is 2.68 bits per heavy atom. The van der Waals surface area contributed by atoms with E-state index in [1.165, 1.54) is 11.4 Å². The van der Waals surface area contributed by atoms with E-state index < -0.39 is 0 Å². The fraction of sp³-hybridized carbons (Fsp3) is 0.350. The van der Waals surface area contributed by atoms with Crippen LogP contribution in [0.1, 0.15) is 12.1 Å². The first kappa shape index (κ1) is 16.6. The number of benzene rings is 1. The Morgan fingerprint density at radius 2 is 1.88 bits per heavy atom. The van der Waals surface area contributed by atoms with Crippen LogP contribution in [0.4, 0.5) is 0 Å². The number of ether oxygens (including phenoxy) is 1. The summed E-state index contributed by atoms with van der Waals surface area (Å²) >= 11 is 6.34. The maximum Gasteiger partial charge on any atom is 0.138 e. The Hall–Kier alpha value is -1.88. The molecule has 0 radical (unpaired) electrons. The quantitative estimate of drug-likeness (QED) is 0.649. The summed E-state index contributed by atoms with van der Waals surface area (Å²) in [7, 11) is 0. The van der Waals surface area contributed by atoms with Crippen LogP contribution >= 0.6 is 11.6 Å². The minimum Gasteiger partial charge on any atom is -0.379 e. The lowest BCUT2D eigenvalue weighted by Crippen LogP contribution is -2.37. The largest absolute Gasteiger partial charge is 0.379 e. The molecular weight excluding hydrogens is 334 g/mol. The fourth-order valence-electron chi connectivity index (χ4n) is 3.53. The molecule has 130 valence electrons. The van der Waals surface area contributed by atoms with Gasteiger partial charge in [0.25, 0.3) is 0 Å². The van der Waals surface area contributed by atoms with E-state index in [-0.39, 0.29) is 0 Å². The van der Waals surface area contributed by atoms with E-state index in [2.05, 4.69) is 44.8 Å². The third kappa shape index (κ3) is 3.56. The fourth-order valence-corrected chi connectivity index (χ4v) is 3.73. The summed E-state index contributed by atoms with van der Waals surface area (Å²) in [6, 6.07) is 14.7. The number of hydrogen-bond acceptors (Lipinski definition) is 3. The van der Waals surface area contributed by atoms with E-state index in [0.717, 1.165) is 56.6 Å².